The quantitative estimate of drug-likeness (QED) is 0.269. The Hall–Kier alpha value is -4.60. The zero-order valence-corrected chi connectivity index (χ0v) is 21.6. The number of hydrogen-bond acceptors (Lipinski definition) is 7. The Morgan fingerprint density at radius 2 is 1.68 bits per heavy atom. The molecule has 1 N–H and O–H groups in total. The van der Waals surface area contributed by atoms with Gasteiger partial charge in [-0.25, -0.2) is 0 Å². The van der Waals surface area contributed by atoms with E-state index in [0.717, 1.165) is 11.1 Å². The van der Waals surface area contributed by atoms with Gasteiger partial charge in [-0.3, -0.25) is 19.7 Å². The number of amides is 2. The maximum atomic E-state index is 13.6. The smallest absolute Gasteiger partial charge is 0.311 e. The lowest BCUT2D eigenvalue weighted by Crippen LogP contribution is -2.51. The molecular formula is C28H31N3O7. The highest BCUT2D eigenvalue weighted by molar-refractivity contribution is 5.88. The lowest BCUT2D eigenvalue weighted by Gasteiger charge is -2.31. The van der Waals surface area contributed by atoms with Gasteiger partial charge in [-0.1, -0.05) is 42.5 Å². The Kier molecular flexibility index (Phi) is 10.0. The molecule has 0 fully saturated rings. The lowest BCUT2D eigenvalue weighted by molar-refractivity contribution is -0.385. The Bertz CT molecular complexity index is 1250. The van der Waals surface area contributed by atoms with E-state index in [-0.39, 0.29) is 29.6 Å². The first kappa shape index (κ1) is 28.0. The van der Waals surface area contributed by atoms with E-state index in [4.69, 9.17) is 14.2 Å². The lowest BCUT2D eigenvalue weighted by atomic mass is 10.0. The molecule has 3 rings (SSSR count). The van der Waals surface area contributed by atoms with Crippen molar-refractivity contribution in [3.63, 3.8) is 0 Å². The normalized spacial score (nSPS) is 11.2. The first-order valence-electron chi connectivity index (χ1n) is 12.1. The van der Waals surface area contributed by atoms with Crippen molar-refractivity contribution in [2.45, 2.75) is 25.9 Å². The Balaban J connectivity index is 1.91. The van der Waals surface area contributed by atoms with Crippen LogP contribution in [0.5, 0.6) is 17.2 Å². The van der Waals surface area contributed by atoms with Crippen LogP contribution in [0, 0.1) is 10.1 Å². The van der Waals surface area contributed by atoms with Crippen LogP contribution in [0.4, 0.5) is 5.69 Å². The minimum absolute atomic E-state index is 0.0115. The van der Waals surface area contributed by atoms with Gasteiger partial charge in [0, 0.05) is 31.6 Å². The van der Waals surface area contributed by atoms with Crippen LogP contribution >= 0.6 is 0 Å². The predicted octanol–water partition coefficient (Wildman–Crippen LogP) is 3.77. The number of nitro groups is 1. The summed E-state index contributed by atoms with van der Waals surface area (Å²) >= 11 is 0. The van der Waals surface area contributed by atoms with Gasteiger partial charge in [-0.15, -0.1) is 0 Å². The zero-order valence-electron chi connectivity index (χ0n) is 21.6. The van der Waals surface area contributed by atoms with Crippen molar-refractivity contribution < 1.29 is 28.7 Å². The second-order valence-electron chi connectivity index (χ2n) is 8.35. The molecule has 0 aliphatic carbocycles. The average Bonchev–Trinajstić information content (AvgIpc) is 2.94. The summed E-state index contributed by atoms with van der Waals surface area (Å²) in [6.07, 6.45) is 0.299. The molecule has 1 atom stereocenters. The fourth-order valence-corrected chi connectivity index (χ4v) is 3.94. The van der Waals surface area contributed by atoms with Crippen molar-refractivity contribution in [3.05, 3.63) is 94.0 Å². The Labute approximate surface area is 221 Å². The van der Waals surface area contributed by atoms with E-state index in [2.05, 4.69) is 5.32 Å². The van der Waals surface area contributed by atoms with Gasteiger partial charge < -0.3 is 24.4 Å². The molecule has 38 heavy (non-hydrogen) atoms. The van der Waals surface area contributed by atoms with Crippen molar-refractivity contribution in [2.24, 2.45) is 0 Å². The molecule has 0 saturated heterocycles. The molecule has 3 aromatic carbocycles. The third-order valence-corrected chi connectivity index (χ3v) is 5.82. The van der Waals surface area contributed by atoms with Crippen LogP contribution in [-0.2, 0) is 22.6 Å². The number of nitro benzene ring substituents is 1. The summed E-state index contributed by atoms with van der Waals surface area (Å²) in [5, 5.41) is 14.0. The summed E-state index contributed by atoms with van der Waals surface area (Å²) in [7, 11) is 2.87. The topological polar surface area (TPSA) is 120 Å². The Morgan fingerprint density at radius 1 is 0.947 bits per heavy atom. The molecule has 0 heterocycles. The number of carbonyl (C=O) groups excluding carboxylic acids is 2. The van der Waals surface area contributed by atoms with Crippen LogP contribution in [0.3, 0.4) is 0 Å². The predicted molar refractivity (Wildman–Crippen MR) is 141 cm³/mol. The summed E-state index contributed by atoms with van der Waals surface area (Å²) in [4.78, 5) is 38.9. The maximum Gasteiger partial charge on any atom is 0.311 e. The van der Waals surface area contributed by atoms with Gasteiger partial charge in [-0.2, -0.15) is 0 Å². The number of carbonyl (C=O) groups is 2. The van der Waals surface area contributed by atoms with E-state index < -0.39 is 23.5 Å². The number of methoxy groups -OCH3 is 2. The molecule has 0 saturated carbocycles. The first-order valence-corrected chi connectivity index (χ1v) is 12.1. The number of nitrogens with one attached hydrogen (secondary N) is 1. The molecule has 10 heteroatoms. The SMILES string of the molecule is CCNC(=O)C(Cc1ccccc1)N(Cc1cccc(OC)c1)C(=O)COc1ccc([N+](=O)[O-])c(OC)c1. The van der Waals surface area contributed by atoms with Gasteiger partial charge in [-0.05, 0) is 36.2 Å². The van der Waals surface area contributed by atoms with E-state index >= 15 is 0 Å². The average molecular weight is 522 g/mol. The summed E-state index contributed by atoms with van der Waals surface area (Å²) in [6, 6.07) is 19.9. The number of rotatable bonds is 13. The number of likely N-dealkylation sites (N-methyl/N-ethyl adjacent to an activating group) is 1. The molecule has 0 aliphatic rings. The molecule has 200 valence electrons. The van der Waals surface area contributed by atoms with E-state index in [1.807, 2.05) is 49.4 Å². The molecule has 3 aromatic rings. The summed E-state index contributed by atoms with van der Waals surface area (Å²) in [6.45, 7) is 1.97. The van der Waals surface area contributed by atoms with E-state index in [1.54, 1.807) is 19.2 Å². The van der Waals surface area contributed by atoms with Crippen molar-refractivity contribution in [1.29, 1.82) is 0 Å². The second kappa shape index (κ2) is 13.6. The Morgan fingerprint density at radius 3 is 2.34 bits per heavy atom. The standard InChI is InChI=1S/C28H31N3O7/c1-4-29-28(33)25(16-20-9-6-5-7-10-20)30(18-21-11-8-12-22(15-21)36-2)27(32)19-38-23-13-14-24(31(34)35)26(17-23)37-3/h5-15,17,25H,4,16,18-19H2,1-3H3,(H,29,33). The molecule has 1 unspecified atom stereocenters. The molecule has 10 nitrogen and oxygen atoms in total. The monoisotopic (exact) mass is 521 g/mol. The minimum Gasteiger partial charge on any atom is -0.497 e. The number of nitrogens with zero attached hydrogens (tertiary/aromatic N) is 2. The highest BCUT2D eigenvalue weighted by Gasteiger charge is 2.30. The van der Waals surface area contributed by atoms with Gasteiger partial charge in [0.2, 0.25) is 11.7 Å². The fourth-order valence-electron chi connectivity index (χ4n) is 3.94. The molecular weight excluding hydrogens is 490 g/mol. The highest BCUT2D eigenvalue weighted by Crippen LogP contribution is 2.31. The minimum atomic E-state index is -0.814. The van der Waals surface area contributed by atoms with E-state index in [9.17, 15) is 19.7 Å². The summed E-state index contributed by atoms with van der Waals surface area (Å²) in [5.41, 5.74) is 1.45. The molecule has 0 spiro atoms. The molecule has 2 amide bonds. The number of hydrogen-bond donors (Lipinski definition) is 1. The van der Waals surface area contributed by atoms with E-state index in [1.165, 1.54) is 30.2 Å². The van der Waals surface area contributed by atoms with Gasteiger partial charge in [0.05, 0.1) is 19.1 Å². The van der Waals surface area contributed by atoms with Crippen molar-refractivity contribution in [3.8, 4) is 17.2 Å². The third kappa shape index (κ3) is 7.45. The number of ether oxygens (including phenoxy) is 3. The fraction of sp³-hybridized carbons (Fsp3) is 0.286. The molecule has 0 radical (unpaired) electrons. The van der Waals surface area contributed by atoms with Crippen LogP contribution in [-0.4, -0.2) is 55.1 Å². The largest absolute Gasteiger partial charge is 0.497 e. The van der Waals surface area contributed by atoms with Crippen molar-refractivity contribution in [2.75, 3.05) is 27.4 Å². The second-order valence-corrected chi connectivity index (χ2v) is 8.35. The van der Waals surface area contributed by atoms with Crippen molar-refractivity contribution in [1.82, 2.24) is 10.2 Å². The maximum absolute atomic E-state index is 13.6. The van der Waals surface area contributed by atoms with Gasteiger partial charge >= 0.3 is 5.69 Å². The van der Waals surface area contributed by atoms with Crippen LogP contribution in [0.2, 0.25) is 0 Å². The van der Waals surface area contributed by atoms with Gasteiger partial charge in [0.1, 0.15) is 17.5 Å². The summed E-state index contributed by atoms with van der Waals surface area (Å²) in [5.74, 6) is 0.140. The first-order chi connectivity index (χ1) is 18.4. The molecule has 0 aromatic heterocycles. The van der Waals surface area contributed by atoms with Crippen molar-refractivity contribution >= 4 is 17.5 Å². The third-order valence-electron chi connectivity index (χ3n) is 5.82. The molecule has 0 aliphatic heterocycles. The van der Waals surface area contributed by atoms with Crippen LogP contribution < -0.4 is 19.5 Å². The summed E-state index contributed by atoms with van der Waals surface area (Å²) < 4.78 is 16.1. The van der Waals surface area contributed by atoms with Gasteiger partial charge in [0.15, 0.2) is 6.61 Å². The van der Waals surface area contributed by atoms with E-state index in [0.29, 0.717) is 18.7 Å². The van der Waals surface area contributed by atoms with Crippen LogP contribution in [0.25, 0.3) is 0 Å². The van der Waals surface area contributed by atoms with Crippen LogP contribution in [0.1, 0.15) is 18.1 Å². The number of benzene rings is 3. The zero-order chi connectivity index (χ0) is 27.5. The molecule has 0 bridgehead atoms. The van der Waals surface area contributed by atoms with Crippen LogP contribution in [0.15, 0.2) is 72.8 Å². The highest BCUT2D eigenvalue weighted by atomic mass is 16.6. The van der Waals surface area contributed by atoms with Gasteiger partial charge in [0.25, 0.3) is 5.91 Å².